The average molecular weight is 473 g/mol. The number of hydrogen-bond donors (Lipinski definition) is 4. The minimum Gasteiger partial charge on any atom is -0.382 e. The summed E-state index contributed by atoms with van der Waals surface area (Å²) < 4.78 is 26.7. The molecule has 0 aliphatic carbocycles. The van der Waals surface area contributed by atoms with Gasteiger partial charge in [-0.3, -0.25) is 14.9 Å². The van der Waals surface area contributed by atoms with Gasteiger partial charge in [-0.15, -0.1) is 12.4 Å². The molecule has 170 valence electrons. The first-order valence-corrected chi connectivity index (χ1v) is 10.7. The van der Waals surface area contributed by atoms with Crippen LogP contribution in [0.3, 0.4) is 0 Å². The van der Waals surface area contributed by atoms with Crippen molar-refractivity contribution in [3.05, 3.63) is 70.3 Å². The summed E-state index contributed by atoms with van der Waals surface area (Å²) >= 11 is 0. The topological polar surface area (TPSA) is 165 Å². The average Bonchev–Trinajstić information content (AvgIpc) is 2.73. The van der Waals surface area contributed by atoms with Crippen LogP contribution in [0.1, 0.15) is 12.0 Å². The third-order valence-electron chi connectivity index (χ3n) is 4.29. The Balaban J connectivity index is 0.00000480. The van der Waals surface area contributed by atoms with Crippen LogP contribution in [0.15, 0.2) is 59.5 Å². The zero-order chi connectivity index (χ0) is 22.1. The van der Waals surface area contributed by atoms with Gasteiger partial charge < -0.3 is 16.2 Å². The van der Waals surface area contributed by atoms with Crippen molar-refractivity contribution < 1.29 is 23.2 Å². The molecule has 0 bridgehead atoms. The highest BCUT2D eigenvalue weighted by atomic mass is 35.5. The molecule has 0 saturated heterocycles. The van der Waals surface area contributed by atoms with E-state index in [-0.39, 0.29) is 42.5 Å². The Labute approximate surface area is 186 Å². The highest BCUT2D eigenvalue weighted by Crippen LogP contribution is 2.15. The Morgan fingerprint density at radius 2 is 1.71 bits per heavy atom. The van der Waals surface area contributed by atoms with Crippen LogP contribution in [-0.4, -0.2) is 49.6 Å². The molecule has 2 atom stereocenters. The summed E-state index contributed by atoms with van der Waals surface area (Å²) in [5.74, 6) is -0.628. The molecule has 12 heteroatoms. The van der Waals surface area contributed by atoms with Gasteiger partial charge in [-0.1, -0.05) is 30.3 Å². The predicted octanol–water partition coefficient (Wildman–Crippen LogP) is 0.732. The number of nitro groups is 1. The number of sulfonamides is 1. The number of halogens is 1. The van der Waals surface area contributed by atoms with Crippen molar-refractivity contribution in [3.8, 4) is 0 Å². The molecule has 2 rings (SSSR count). The molecule has 0 spiro atoms. The van der Waals surface area contributed by atoms with E-state index in [0.29, 0.717) is 6.42 Å². The van der Waals surface area contributed by atoms with E-state index in [1.54, 1.807) is 0 Å². The van der Waals surface area contributed by atoms with Gasteiger partial charge in [0.1, 0.15) is 6.10 Å². The molecule has 31 heavy (non-hydrogen) atoms. The number of non-ortho nitro benzene ring substituents is 1. The van der Waals surface area contributed by atoms with Gasteiger partial charge in [-0.25, -0.2) is 13.1 Å². The van der Waals surface area contributed by atoms with Crippen LogP contribution in [0.25, 0.3) is 0 Å². The summed E-state index contributed by atoms with van der Waals surface area (Å²) in [6.07, 6.45) is -0.773. The van der Waals surface area contributed by atoms with Gasteiger partial charge in [-0.2, -0.15) is 0 Å². The molecule has 2 aromatic rings. The largest absolute Gasteiger partial charge is 0.382 e. The van der Waals surface area contributed by atoms with E-state index >= 15 is 0 Å². The fourth-order valence-electron chi connectivity index (χ4n) is 2.63. The number of aliphatic hydroxyl groups is 1. The lowest BCUT2D eigenvalue weighted by Crippen LogP contribution is -2.47. The second-order valence-electron chi connectivity index (χ2n) is 6.59. The van der Waals surface area contributed by atoms with Crippen LogP contribution in [-0.2, 0) is 21.2 Å². The third-order valence-corrected chi connectivity index (χ3v) is 5.77. The van der Waals surface area contributed by atoms with Crippen molar-refractivity contribution in [2.45, 2.75) is 29.9 Å². The highest BCUT2D eigenvalue weighted by Gasteiger charge is 2.22. The molecule has 0 aliphatic heterocycles. The van der Waals surface area contributed by atoms with Crippen molar-refractivity contribution in [1.82, 2.24) is 10.0 Å². The van der Waals surface area contributed by atoms with Gasteiger partial charge >= 0.3 is 0 Å². The molecule has 2 aromatic carbocycles. The van der Waals surface area contributed by atoms with Crippen LogP contribution in [0.4, 0.5) is 5.69 Å². The first-order valence-electron chi connectivity index (χ1n) is 9.20. The number of nitrogens with zero attached hydrogens (tertiary/aromatic N) is 1. The maximum absolute atomic E-state index is 12.2. The number of amides is 1. The number of hydrogen-bond acceptors (Lipinski definition) is 7. The van der Waals surface area contributed by atoms with Crippen LogP contribution in [0, 0.1) is 10.1 Å². The van der Waals surface area contributed by atoms with Crippen LogP contribution in [0.5, 0.6) is 0 Å². The Bertz CT molecular complexity index is 957. The normalized spacial score (nSPS) is 13.0. The molecular formula is C19H25ClN4O6S. The number of carbonyl (C=O) groups is 1. The molecule has 1 unspecified atom stereocenters. The van der Waals surface area contributed by atoms with E-state index in [1.807, 2.05) is 30.3 Å². The molecule has 0 fully saturated rings. The standard InChI is InChI=1S/C19H24N4O6S.ClH/c20-17(13-14-5-2-1-3-6-14)18(24)19(25)21-11-4-12-22-30(28,29)16-9-7-15(8-10-16)23(26)27;/h1-3,5-10,17-18,22,24H,4,11-13,20H2,(H,21,25);1H/t17-,18?;/m0./s1. The Morgan fingerprint density at radius 3 is 2.29 bits per heavy atom. The van der Waals surface area contributed by atoms with Crippen LogP contribution >= 0.6 is 12.4 Å². The second kappa shape index (κ2) is 12.3. The molecule has 10 nitrogen and oxygen atoms in total. The maximum Gasteiger partial charge on any atom is 0.269 e. The maximum atomic E-state index is 12.2. The zero-order valence-electron chi connectivity index (χ0n) is 16.5. The first-order chi connectivity index (χ1) is 14.2. The van der Waals surface area contributed by atoms with E-state index in [4.69, 9.17) is 5.73 Å². The lowest BCUT2D eigenvalue weighted by atomic mass is 10.0. The summed E-state index contributed by atoms with van der Waals surface area (Å²) in [7, 11) is -3.82. The van der Waals surface area contributed by atoms with E-state index in [9.17, 15) is 28.4 Å². The lowest BCUT2D eigenvalue weighted by Gasteiger charge is -2.18. The summed E-state index contributed by atoms with van der Waals surface area (Å²) in [5, 5.41) is 23.2. The first kappa shape index (κ1) is 26.5. The number of nitrogens with one attached hydrogen (secondary N) is 2. The number of rotatable bonds is 11. The van der Waals surface area contributed by atoms with Gasteiger partial charge in [0.25, 0.3) is 5.69 Å². The van der Waals surface area contributed by atoms with Gasteiger partial charge in [0.05, 0.1) is 9.82 Å². The van der Waals surface area contributed by atoms with E-state index in [1.165, 1.54) is 0 Å². The van der Waals surface area contributed by atoms with Crippen molar-refractivity contribution in [2.24, 2.45) is 5.73 Å². The van der Waals surface area contributed by atoms with Crippen molar-refractivity contribution in [2.75, 3.05) is 13.1 Å². The highest BCUT2D eigenvalue weighted by molar-refractivity contribution is 7.89. The summed E-state index contributed by atoms with van der Waals surface area (Å²) in [6.45, 7) is 0.169. The van der Waals surface area contributed by atoms with E-state index in [2.05, 4.69) is 10.0 Å². The molecule has 5 N–H and O–H groups in total. The number of nitro benzene ring substituents is 1. The van der Waals surface area contributed by atoms with E-state index < -0.39 is 33.0 Å². The molecule has 0 radical (unpaired) electrons. The monoisotopic (exact) mass is 472 g/mol. The smallest absolute Gasteiger partial charge is 0.269 e. The number of aliphatic hydroxyl groups excluding tert-OH is 1. The SMILES string of the molecule is Cl.N[C@@H](Cc1ccccc1)C(O)C(=O)NCCCNS(=O)(=O)c1ccc([N+](=O)[O-])cc1. The van der Waals surface area contributed by atoms with Gasteiger partial charge in [0.15, 0.2) is 0 Å². The molecule has 0 saturated carbocycles. The molecule has 0 heterocycles. The van der Waals surface area contributed by atoms with Crippen LogP contribution in [0.2, 0.25) is 0 Å². The molecule has 1 amide bonds. The number of carbonyl (C=O) groups excluding carboxylic acids is 1. The van der Waals surface area contributed by atoms with Crippen molar-refractivity contribution in [1.29, 1.82) is 0 Å². The Hall–Kier alpha value is -2.57. The Kier molecular flexibility index (Phi) is 10.5. The number of benzene rings is 2. The van der Waals surface area contributed by atoms with Gasteiger partial charge in [-0.05, 0) is 30.5 Å². The third kappa shape index (κ3) is 8.23. The minimum atomic E-state index is -3.82. The quantitative estimate of drug-likeness (QED) is 0.212. The van der Waals surface area contributed by atoms with Gasteiger partial charge in [0.2, 0.25) is 15.9 Å². The van der Waals surface area contributed by atoms with Gasteiger partial charge in [0, 0.05) is 31.3 Å². The van der Waals surface area contributed by atoms with Crippen molar-refractivity contribution in [3.63, 3.8) is 0 Å². The zero-order valence-corrected chi connectivity index (χ0v) is 18.1. The molecule has 0 aliphatic rings. The Morgan fingerprint density at radius 1 is 1.10 bits per heavy atom. The molecular weight excluding hydrogens is 448 g/mol. The molecule has 0 aromatic heterocycles. The van der Waals surface area contributed by atoms with Crippen LogP contribution < -0.4 is 15.8 Å². The van der Waals surface area contributed by atoms with Crippen molar-refractivity contribution >= 4 is 34.0 Å². The summed E-state index contributed by atoms with van der Waals surface area (Å²) in [5.41, 5.74) is 6.58. The summed E-state index contributed by atoms with van der Waals surface area (Å²) in [6, 6.07) is 13.0. The van der Waals surface area contributed by atoms with E-state index in [0.717, 1.165) is 29.8 Å². The number of nitrogens with two attached hydrogens (primary N) is 1. The second-order valence-corrected chi connectivity index (χ2v) is 8.36. The minimum absolute atomic E-state index is 0. The summed E-state index contributed by atoms with van der Waals surface area (Å²) in [4.78, 5) is 21.9. The fraction of sp³-hybridized carbons (Fsp3) is 0.316. The lowest BCUT2D eigenvalue weighted by molar-refractivity contribution is -0.384. The fourth-order valence-corrected chi connectivity index (χ4v) is 3.71. The predicted molar refractivity (Wildman–Crippen MR) is 117 cm³/mol.